The third-order valence-electron chi connectivity index (χ3n) is 1.99. The van der Waals surface area contributed by atoms with Crippen LogP contribution in [0.1, 0.15) is 6.42 Å². The molecule has 0 bridgehead atoms. The number of carbonyl (C=O) groups excluding carboxylic acids is 1. The first-order valence-corrected chi connectivity index (χ1v) is 6.09. The van der Waals surface area contributed by atoms with E-state index < -0.39 is 15.9 Å². The minimum atomic E-state index is -3.08. The van der Waals surface area contributed by atoms with Crippen molar-refractivity contribution in [2.24, 2.45) is 5.73 Å². The van der Waals surface area contributed by atoms with Gasteiger partial charge in [0.1, 0.15) is 0 Å². The lowest BCUT2D eigenvalue weighted by atomic mass is 10.2. The first-order chi connectivity index (χ1) is 6.39. The largest absolute Gasteiger partial charge is 0.375 e. The van der Waals surface area contributed by atoms with Gasteiger partial charge in [-0.1, -0.05) is 0 Å². The number of hydrogen-bond acceptors (Lipinski definition) is 4. The monoisotopic (exact) mass is 222 g/mol. The van der Waals surface area contributed by atoms with Gasteiger partial charge in [0.25, 0.3) is 0 Å². The molecule has 1 fully saturated rings. The molecule has 0 aliphatic carbocycles. The summed E-state index contributed by atoms with van der Waals surface area (Å²) >= 11 is 0. The average Bonchev–Trinajstić information content (AvgIpc) is 1.90. The Labute approximate surface area is 83.1 Å². The van der Waals surface area contributed by atoms with Crippen molar-refractivity contribution in [3.8, 4) is 0 Å². The molecule has 0 saturated carbocycles. The van der Waals surface area contributed by atoms with E-state index >= 15 is 0 Å². The van der Waals surface area contributed by atoms with Crippen molar-refractivity contribution in [2.75, 3.05) is 26.0 Å². The molecule has 1 rings (SSSR count). The number of nitrogens with zero attached hydrogens (tertiary/aromatic N) is 1. The third-order valence-corrected chi connectivity index (χ3v) is 3.22. The van der Waals surface area contributed by atoms with Crippen molar-refractivity contribution >= 4 is 15.9 Å². The molecule has 0 unspecified atom stereocenters. The van der Waals surface area contributed by atoms with E-state index in [1.54, 1.807) is 0 Å². The van der Waals surface area contributed by atoms with E-state index in [9.17, 15) is 13.2 Å². The van der Waals surface area contributed by atoms with Gasteiger partial charge in [0, 0.05) is 19.5 Å². The predicted octanol–water partition coefficient (Wildman–Crippen LogP) is -1.48. The molecule has 14 heavy (non-hydrogen) atoms. The van der Waals surface area contributed by atoms with Gasteiger partial charge < -0.3 is 10.5 Å². The number of hydrogen-bond donors (Lipinski definition) is 1. The molecule has 82 valence electrons. The van der Waals surface area contributed by atoms with Gasteiger partial charge in [0.15, 0.2) is 0 Å². The topological polar surface area (TPSA) is 89.7 Å². The maximum atomic E-state index is 10.9. The maximum absolute atomic E-state index is 10.9. The molecule has 0 aromatic carbocycles. The summed E-state index contributed by atoms with van der Waals surface area (Å²) < 4.78 is 28.4. The van der Waals surface area contributed by atoms with Gasteiger partial charge >= 0.3 is 0 Å². The zero-order valence-electron chi connectivity index (χ0n) is 7.97. The Bertz CT molecular complexity index is 308. The summed E-state index contributed by atoms with van der Waals surface area (Å²) in [6.07, 6.45) is 1.24. The molecule has 0 radical (unpaired) electrons. The Morgan fingerprint density at radius 2 is 2.14 bits per heavy atom. The average molecular weight is 222 g/mol. The van der Waals surface area contributed by atoms with Gasteiger partial charge in [-0.05, 0) is 0 Å². The van der Waals surface area contributed by atoms with Crippen LogP contribution in [-0.2, 0) is 19.6 Å². The van der Waals surface area contributed by atoms with Crippen LogP contribution in [-0.4, -0.2) is 50.7 Å². The number of rotatable bonds is 5. The molecule has 1 saturated heterocycles. The lowest BCUT2D eigenvalue weighted by Gasteiger charge is -2.36. The van der Waals surface area contributed by atoms with Crippen LogP contribution in [0.2, 0.25) is 0 Å². The summed E-state index contributed by atoms with van der Waals surface area (Å²) in [6, 6.07) is 0. The van der Waals surface area contributed by atoms with Crippen molar-refractivity contribution in [1.29, 1.82) is 0 Å². The maximum Gasteiger partial charge on any atom is 0.219 e. The van der Waals surface area contributed by atoms with Crippen LogP contribution in [0.3, 0.4) is 0 Å². The Morgan fingerprint density at radius 3 is 2.57 bits per heavy atom. The van der Waals surface area contributed by atoms with Gasteiger partial charge in [-0.15, -0.1) is 0 Å². The molecule has 0 aromatic rings. The van der Waals surface area contributed by atoms with E-state index in [-0.39, 0.29) is 19.1 Å². The second-order valence-electron chi connectivity index (χ2n) is 3.29. The summed E-state index contributed by atoms with van der Waals surface area (Å²) in [5.41, 5.74) is 4.91. The van der Waals surface area contributed by atoms with Crippen molar-refractivity contribution in [3.63, 3.8) is 0 Å². The number of carbonyl (C=O) groups is 1. The van der Waals surface area contributed by atoms with E-state index in [1.165, 1.54) is 4.31 Å². The molecule has 1 aliphatic heterocycles. The first kappa shape index (κ1) is 11.4. The Kier molecular flexibility index (Phi) is 3.46. The number of primary amides is 1. The number of sulfonamides is 1. The summed E-state index contributed by atoms with van der Waals surface area (Å²) in [5, 5.41) is 0. The smallest absolute Gasteiger partial charge is 0.219 e. The fraction of sp³-hybridized carbons (Fsp3) is 0.857. The molecule has 1 amide bonds. The predicted molar refractivity (Wildman–Crippen MR) is 50.0 cm³/mol. The Balaban J connectivity index is 2.14. The van der Waals surface area contributed by atoms with E-state index in [4.69, 9.17) is 10.5 Å². The SMILES string of the molecule is CS(=O)(=O)N1CC(OCCC(N)=O)C1. The van der Waals surface area contributed by atoms with Gasteiger partial charge in [-0.2, -0.15) is 4.31 Å². The van der Waals surface area contributed by atoms with Gasteiger partial charge in [-0.25, -0.2) is 8.42 Å². The highest BCUT2D eigenvalue weighted by Gasteiger charge is 2.33. The fourth-order valence-electron chi connectivity index (χ4n) is 1.10. The number of ether oxygens (including phenoxy) is 1. The van der Waals surface area contributed by atoms with E-state index in [0.29, 0.717) is 13.1 Å². The third kappa shape index (κ3) is 3.24. The zero-order valence-corrected chi connectivity index (χ0v) is 8.79. The van der Waals surface area contributed by atoms with Crippen LogP contribution >= 0.6 is 0 Å². The van der Waals surface area contributed by atoms with Crippen LogP contribution in [0.25, 0.3) is 0 Å². The first-order valence-electron chi connectivity index (χ1n) is 4.24. The van der Waals surface area contributed by atoms with E-state index in [0.717, 1.165) is 6.26 Å². The summed E-state index contributed by atoms with van der Waals surface area (Å²) in [4.78, 5) is 10.3. The molecule has 2 N–H and O–H groups in total. The molecule has 6 nitrogen and oxygen atoms in total. The number of nitrogens with two attached hydrogens (primary N) is 1. The van der Waals surface area contributed by atoms with Gasteiger partial charge in [0.05, 0.1) is 19.0 Å². The highest BCUT2D eigenvalue weighted by Crippen LogP contribution is 2.14. The summed E-state index contributed by atoms with van der Waals surface area (Å²) in [5.74, 6) is -0.413. The van der Waals surface area contributed by atoms with Crippen LogP contribution in [0, 0.1) is 0 Å². The minimum Gasteiger partial charge on any atom is -0.375 e. The van der Waals surface area contributed by atoms with Crippen LogP contribution < -0.4 is 5.73 Å². The molecule has 1 aliphatic rings. The lowest BCUT2D eigenvalue weighted by molar-refractivity contribution is -0.120. The van der Waals surface area contributed by atoms with Crippen molar-refractivity contribution < 1.29 is 17.9 Å². The summed E-state index contributed by atoms with van der Waals surface area (Å²) in [6.45, 7) is 1.01. The molecule has 1 heterocycles. The molecular weight excluding hydrogens is 208 g/mol. The highest BCUT2D eigenvalue weighted by atomic mass is 32.2. The van der Waals surface area contributed by atoms with Crippen LogP contribution in [0.4, 0.5) is 0 Å². The van der Waals surface area contributed by atoms with Crippen LogP contribution in [0.5, 0.6) is 0 Å². The van der Waals surface area contributed by atoms with Crippen molar-refractivity contribution in [1.82, 2.24) is 4.31 Å². The highest BCUT2D eigenvalue weighted by molar-refractivity contribution is 7.88. The number of amides is 1. The molecule has 0 atom stereocenters. The fourth-order valence-corrected chi connectivity index (χ4v) is 1.98. The molecular formula is C7H14N2O4S. The normalized spacial score (nSPS) is 19.2. The Morgan fingerprint density at radius 1 is 1.57 bits per heavy atom. The van der Waals surface area contributed by atoms with Crippen molar-refractivity contribution in [2.45, 2.75) is 12.5 Å². The van der Waals surface area contributed by atoms with E-state index in [1.807, 2.05) is 0 Å². The minimum absolute atomic E-state index is 0.0934. The van der Waals surface area contributed by atoms with E-state index in [2.05, 4.69) is 0 Å². The quantitative estimate of drug-likeness (QED) is 0.614. The van der Waals surface area contributed by atoms with Crippen LogP contribution in [0.15, 0.2) is 0 Å². The molecule has 0 aromatic heterocycles. The molecule has 0 spiro atoms. The second kappa shape index (κ2) is 4.24. The van der Waals surface area contributed by atoms with Gasteiger partial charge in [-0.3, -0.25) is 4.79 Å². The second-order valence-corrected chi connectivity index (χ2v) is 5.27. The molecule has 7 heteroatoms. The van der Waals surface area contributed by atoms with Crippen molar-refractivity contribution in [3.05, 3.63) is 0 Å². The van der Waals surface area contributed by atoms with Gasteiger partial charge in [0.2, 0.25) is 15.9 Å². The Hall–Kier alpha value is -0.660. The zero-order chi connectivity index (χ0) is 10.8. The summed E-state index contributed by atoms with van der Waals surface area (Å²) in [7, 11) is -3.08. The standard InChI is InChI=1S/C7H14N2O4S/c1-14(11,12)9-4-6(5-9)13-3-2-7(8)10/h6H,2-5H2,1H3,(H2,8,10). The lowest BCUT2D eigenvalue weighted by Crippen LogP contribution is -2.54.